The number of primary sulfonamides is 1. The van der Waals surface area contributed by atoms with Crippen molar-refractivity contribution < 1.29 is 21.6 Å². The second-order valence-corrected chi connectivity index (χ2v) is 7.82. The Balaban J connectivity index is 1.96. The molecule has 0 radical (unpaired) electrons. The normalized spacial score (nSPS) is 12.7. The first-order valence-corrected chi connectivity index (χ1v) is 10.4. The fraction of sp³-hybridized carbons (Fsp3) is 0.316. The summed E-state index contributed by atoms with van der Waals surface area (Å²) < 4.78 is 60.7. The third kappa shape index (κ3) is 7.39. The van der Waals surface area contributed by atoms with Crippen molar-refractivity contribution in [1.29, 1.82) is 0 Å². The Kier molecular flexibility index (Phi) is 7.63. The molecule has 0 spiro atoms. The Morgan fingerprint density at radius 1 is 1.07 bits per heavy atom. The van der Waals surface area contributed by atoms with Crippen LogP contribution in [0.5, 0.6) is 0 Å². The quantitative estimate of drug-likeness (QED) is 0.467. The molecule has 0 atom stereocenters. The van der Waals surface area contributed by atoms with Gasteiger partial charge in [-0.25, -0.2) is 18.5 Å². The standard InChI is InChI=1S/C19H23F3N4O2S/c1-2-24-18(26-13-15-4-3-5-17(12-15)29(23,27)28)25-11-10-14-6-8-16(9-7-14)19(20,21)22/h3-9,12H,2,10-11,13H2,1H3,(H2,23,27,28)(H2,24,25,26). The zero-order valence-corrected chi connectivity index (χ0v) is 16.6. The molecule has 0 unspecified atom stereocenters. The van der Waals surface area contributed by atoms with Crippen LogP contribution in [0.3, 0.4) is 0 Å². The summed E-state index contributed by atoms with van der Waals surface area (Å²) in [6, 6.07) is 11.2. The maximum absolute atomic E-state index is 12.6. The summed E-state index contributed by atoms with van der Waals surface area (Å²) in [4.78, 5) is 4.41. The molecule has 0 aromatic heterocycles. The molecular weight excluding hydrogens is 405 g/mol. The number of nitrogens with one attached hydrogen (secondary N) is 2. The molecule has 29 heavy (non-hydrogen) atoms. The van der Waals surface area contributed by atoms with Gasteiger partial charge in [0, 0.05) is 13.1 Å². The number of sulfonamides is 1. The van der Waals surface area contributed by atoms with Crippen LogP contribution in [0.4, 0.5) is 13.2 Å². The highest BCUT2D eigenvalue weighted by atomic mass is 32.2. The Labute approximate surface area is 168 Å². The van der Waals surface area contributed by atoms with E-state index in [0.717, 1.165) is 17.7 Å². The van der Waals surface area contributed by atoms with Crippen LogP contribution < -0.4 is 15.8 Å². The lowest BCUT2D eigenvalue weighted by Gasteiger charge is -2.12. The van der Waals surface area contributed by atoms with E-state index in [2.05, 4.69) is 15.6 Å². The van der Waals surface area contributed by atoms with Crippen molar-refractivity contribution in [2.24, 2.45) is 10.1 Å². The molecular formula is C19H23F3N4O2S. The lowest BCUT2D eigenvalue weighted by Crippen LogP contribution is -2.38. The minimum Gasteiger partial charge on any atom is -0.357 e. The predicted molar refractivity (Wildman–Crippen MR) is 106 cm³/mol. The second-order valence-electron chi connectivity index (χ2n) is 6.26. The Morgan fingerprint density at radius 2 is 1.76 bits per heavy atom. The number of hydrogen-bond donors (Lipinski definition) is 3. The Hall–Kier alpha value is -2.59. The Morgan fingerprint density at radius 3 is 2.34 bits per heavy atom. The van der Waals surface area contributed by atoms with Crippen LogP contribution in [0.25, 0.3) is 0 Å². The molecule has 158 valence electrons. The molecule has 2 aromatic carbocycles. The molecule has 2 aromatic rings. The molecule has 0 amide bonds. The highest BCUT2D eigenvalue weighted by Crippen LogP contribution is 2.29. The Bertz CT molecular complexity index is 943. The summed E-state index contributed by atoms with van der Waals surface area (Å²) in [5.41, 5.74) is 0.768. The van der Waals surface area contributed by atoms with E-state index in [1.807, 2.05) is 6.92 Å². The smallest absolute Gasteiger partial charge is 0.357 e. The molecule has 4 N–H and O–H groups in total. The minimum absolute atomic E-state index is 0.0189. The summed E-state index contributed by atoms with van der Waals surface area (Å²) in [5, 5.41) is 11.3. The average molecular weight is 428 g/mol. The molecule has 10 heteroatoms. The number of rotatable bonds is 7. The van der Waals surface area contributed by atoms with E-state index in [1.165, 1.54) is 24.3 Å². The molecule has 0 saturated heterocycles. The molecule has 0 fully saturated rings. The topological polar surface area (TPSA) is 96.6 Å². The van der Waals surface area contributed by atoms with Crippen molar-refractivity contribution in [2.75, 3.05) is 13.1 Å². The lowest BCUT2D eigenvalue weighted by molar-refractivity contribution is -0.137. The predicted octanol–water partition coefficient (Wildman–Crippen LogP) is 2.65. The molecule has 6 nitrogen and oxygen atoms in total. The van der Waals surface area contributed by atoms with Crippen molar-refractivity contribution in [3.05, 3.63) is 65.2 Å². The van der Waals surface area contributed by atoms with E-state index < -0.39 is 21.8 Å². The van der Waals surface area contributed by atoms with Gasteiger partial charge in [-0.3, -0.25) is 0 Å². The first-order valence-electron chi connectivity index (χ1n) is 8.89. The molecule has 0 heterocycles. The van der Waals surface area contributed by atoms with E-state index in [9.17, 15) is 21.6 Å². The van der Waals surface area contributed by atoms with Gasteiger partial charge < -0.3 is 10.6 Å². The SMILES string of the molecule is CCNC(=NCc1cccc(S(N)(=O)=O)c1)NCCc1ccc(C(F)(F)F)cc1. The summed E-state index contributed by atoms with van der Waals surface area (Å²) in [7, 11) is -3.78. The second kappa shape index (κ2) is 9.75. The van der Waals surface area contributed by atoms with E-state index >= 15 is 0 Å². The number of aliphatic imine (C=N–C) groups is 1. The molecule has 0 aliphatic carbocycles. The fourth-order valence-corrected chi connectivity index (χ4v) is 3.10. The molecule has 0 aliphatic heterocycles. The van der Waals surface area contributed by atoms with Gasteiger partial charge in [-0.05, 0) is 48.7 Å². The minimum atomic E-state index is -4.35. The highest BCUT2D eigenvalue weighted by Gasteiger charge is 2.29. The maximum atomic E-state index is 12.6. The average Bonchev–Trinajstić information content (AvgIpc) is 2.65. The van der Waals surface area contributed by atoms with Gasteiger partial charge in [0.1, 0.15) is 0 Å². The zero-order valence-electron chi connectivity index (χ0n) is 15.8. The van der Waals surface area contributed by atoms with E-state index in [1.54, 1.807) is 12.1 Å². The van der Waals surface area contributed by atoms with Gasteiger partial charge in [0.2, 0.25) is 10.0 Å². The van der Waals surface area contributed by atoms with Crippen LogP contribution in [0, 0.1) is 0 Å². The summed E-state index contributed by atoms with van der Waals surface area (Å²) in [6.45, 7) is 3.21. The van der Waals surface area contributed by atoms with Crippen LogP contribution in [0.1, 0.15) is 23.6 Å². The van der Waals surface area contributed by atoms with Gasteiger partial charge in [0.25, 0.3) is 0 Å². The number of hydrogen-bond acceptors (Lipinski definition) is 3. The third-order valence-electron chi connectivity index (χ3n) is 3.98. The first-order chi connectivity index (χ1) is 13.6. The van der Waals surface area contributed by atoms with Crippen LogP contribution in [0.2, 0.25) is 0 Å². The molecule has 0 saturated carbocycles. The van der Waals surface area contributed by atoms with Crippen molar-refractivity contribution in [1.82, 2.24) is 10.6 Å². The lowest BCUT2D eigenvalue weighted by atomic mass is 10.1. The van der Waals surface area contributed by atoms with Crippen molar-refractivity contribution in [2.45, 2.75) is 31.0 Å². The number of nitrogens with two attached hydrogens (primary N) is 1. The number of alkyl halides is 3. The number of benzene rings is 2. The highest BCUT2D eigenvalue weighted by molar-refractivity contribution is 7.89. The summed E-state index contributed by atoms with van der Waals surface area (Å²) in [5.74, 6) is 0.514. The number of guanidine groups is 1. The van der Waals surface area contributed by atoms with Crippen LogP contribution in [-0.2, 0) is 29.2 Å². The number of halogens is 3. The van der Waals surface area contributed by atoms with E-state index in [0.29, 0.717) is 31.0 Å². The van der Waals surface area contributed by atoms with Crippen molar-refractivity contribution >= 4 is 16.0 Å². The van der Waals surface area contributed by atoms with Crippen LogP contribution >= 0.6 is 0 Å². The van der Waals surface area contributed by atoms with E-state index in [4.69, 9.17) is 5.14 Å². The summed E-state index contributed by atoms with van der Waals surface area (Å²) in [6.07, 6.45) is -3.83. The first kappa shape index (κ1) is 22.7. The van der Waals surface area contributed by atoms with Gasteiger partial charge in [-0.2, -0.15) is 13.2 Å². The maximum Gasteiger partial charge on any atom is 0.416 e. The van der Waals surface area contributed by atoms with E-state index in [-0.39, 0.29) is 11.4 Å². The third-order valence-corrected chi connectivity index (χ3v) is 4.89. The van der Waals surface area contributed by atoms with Crippen molar-refractivity contribution in [3.8, 4) is 0 Å². The van der Waals surface area contributed by atoms with Gasteiger partial charge in [-0.15, -0.1) is 0 Å². The zero-order chi connectivity index (χ0) is 21.5. The van der Waals surface area contributed by atoms with Crippen LogP contribution in [-0.4, -0.2) is 27.5 Å². The number of nitrogens with zero attached hydrogens (tertiary/aromatic N) is 1. The molecule has 0 bridgehead atoms. The van der Waals surface area contributed by atoms with Crippen LogP contribution in [0.15, 0.2) is 58.4 Å². The van der Waals surface area contributed by atoms with Crippen molar-refractivity contribution in [3.63, 3.8) is 0 Å². The van der Waals surface area contributed by atoms with Gasteiger partial charge in [-0.1, -0.05) is 24.3 Å². The molecule has 2 rings (SSSR count). The van der Waals surface area contributed by atoms with Gasteiger partial charge in [0.05, 0.1) is 17.0 Å². The molecule has 0 aliphatic rings. The fourth-order valence-electron chi connectivity index (χ4n) is 2.52. The van der Waals surface area contributed by atoms with Gasteiger partial charge >= 0.3 is 6.18 Å². The largest absolute Gasteiger partial charge is 0.416 e. The van der Waals surface area contributed by atoms with Gasteiger partial charge in [0.15, 0.2) is 5.96 Å². The summed E-state index contributed by atoms with van der Waals surface area (Å²) >= 11 is 0. The monoisotopic (exact) mass is 428 g/mol.